The lowest BCUT2D eigenvalue weighted by Crippen LogP contribution is -2.66. The fourth-order valence-electron chi connectivity index (χ4n) is 10.6. The Morgan fingerprint density at radius 2 is 0.761 bits per heavy atom. The monoisotopic (exact) mass is 1300 g/mol. The van der Waals surface area contributed by atoms with Gasteiger partial charge in [0.25, 0.3) is 0 Å². The number of hydrogen-bond acceptors (Lipinski definition) is 18. The van der Waals surface area contributed by atoms with Crippen molar-refractivity contribution in [2.24, 2.45) is 0 Å². The summed E-state index contributed by atoms with van der Waals surface area (Å²) in [6.07, 6.45) is 47.5. The third-order valence-corrected chi connectivity index (χ3v) is 16.2. The fraction of sp³-hybridized carbons (Fsp3) is 0.685. The molecule has 0 aromatic carbocycles. The van der Waals surface area contributed by atoms with E-state index in [1.54, 1.807) is 6.08 Å². The minimum Gasteiger partial charge on any atom is -0.394 e. The summed E-state index contributed by atoms with van der Waals surface area (Å²) < 4.78 is 34.2. The van der Waals surface area contributed by atoms with Gasteiger partial charge in [-0.25, -0.2) is 0 Å². The van der Waals surface area contributed by atoms with Gasteiger partial charge in [0.05, 0.1) is 38.6 Å². The highest BCUT2D eigenvalue weighted by Crippen LogP contribution is 2.33. The normalized spacial score (nSPS) is 28.6. The first-order chi connectivity index (χ1) is 44.8. The number of amides is 1. The molecule has 3 rings (SSSR count). The standard InChI is InChI=1S/C73H119NO18/c1-3-5-7-9-11-13-15-16-17-18-19-20-21-22-23-24-25-26-27-28-29-30-31-32-33-34-35-36-37-38-39-40-41-43-45-47-49-51-61(79)74-56(57(78)50-48-46-44-42-14-12-10-8-6-4-2)55-87-71-67(85)64(82)69(59(53-76)89-71)92-73-68(86)65(83)70(60(54-77)90-73)91-72-66(84)63(81)62(80)58(52-75)88-72/h5,7,11,13-14,16-17,19-20,22-23,25-26,28-29,31-32,34-35,42,48,50,56-60,62-73,75-78,80-86H,3-4,6,8-10,12,15,18,21,24,27,30,33,36-41,43-47,49,51-55H2,1-2H3,(H,74,79)/b7-5-,13-11-,17-16-,20-19-,23-22-,26-25-,29-28-,32-31-,35-34-,42-14+,50-48+. The molecule has 3 fully saturated rings. The Labute approximate surface area is 550 Å². The van der Waals surface area contributed by atoms with Crippen molar-refractivity contribution in [1.82, 2.24) is 5.32 Å². The number of nitrogens with one attached hydrogen (secondary N) is 1. The lowest BCUT2D eigenvalue weighted by molar-refractivity contribution is -0.379. The highest BCUT2D eigenvalue weighted by atomic mass is 16.8. The Balaban J connectivity index is 1.34. The molecule has 3 aliphatic rings. The Kier molecular flexibility index (Phi) is 47.4. The molecule has 92 heavy (non-hydrogen) atoms. The number of carbonyl (C=O) groups excluding carboxylic acids is 1. The number of carbonyl (C=O) groups is 1. The molecule has 1 amide bonds. The SMILES string of the molecule is CC/C=C\C/C=C\C/C=C\C/C=C\C/C=C\C/C=C\C/C=C\C/C=C\C/C=C\CCCCCCCCCCCC(=O)NC(COC1OC(CO)C(OC2OC(CO)C(OC3OC(CO)C(O)C(O)C3O)C(O)C2O)C(O)C1O)C(O)/C=C/CC/C=C/CCCCCC. The fourth-order valence-corrected chi connectivity index (χ4v) is 10.6. The molecule has 3 aliphatic heterocycles. The van der Waals surface area contributed by atoms with Crippen LogP contribution in [0.5, 0.6) is 0 Å². The van der Waals surface area contributed by atoms with Crippen molar-refractivity contribution >= 4 is 5.91 Å². The van der Waals surface area contributed by atoms with Crippen LogP contribution in [0.2, 0.25) is 0 Å². The maximum atomic E-state index is 13.3. The summed E-state index contributed by atoms with van der Waals surface area (Å²) >= 11 is 0. The third kappa shape index (κ3) is 34.6. The maximum Gasteiger partial charge on any atom is 0.220 e. The summed E-state index contributed by atoms with van der Waals surface area (Å²) in [5, 5.41) is 120. The van der Waals surface area contributed by atoms with E-state index in [1.165, 1.54) is 44.9 Å². The summed E-state index contributed by atoms with van der Waals surface area (Å²) in [5.41, 5.74) is 0. The molecule has 0 aromatic rings. The molecular weight excluding hydrogens is 1180 g/mol. The topological polar surface area (TPSA) is 307 Å². The van der Waals surface area contributed by atoms with Crippen LogP contribution in [0.4, 0.5) is 0 Å². The Bertz CT molecular complexity index is 2190. The number of ether oxygens (including phenoxy) is 6. The van der Waals surface area contributed by atoms with Crippen molar-refractivity contribution in [1.29, 1.82) is 0 Å². The molecule has 0 spiro atoms. The zero-order chi connectivity index (χ0) is 66.8. The molecule has 524 valence electrons. The second-order valence-corrected chi connectivity index (χ2v) is 23.9. The van der Waals surface area contributed by atoms with Gasteiger partial charge in [0.2, 0.25) is 5.91 Å². The van der Waals surface area contributed by atoms with E-state index in [0.717, 1.165) is 109 Å². The molecular formula is C73H119NO18. The maximum absolute atomic E-state index is 13.3. The van der Waals surface area contributed by atoms with Gasteiger partial charge in [0, 0.05) is 6.42 Å². The number of rotatable bonds is 50. The molecule has 0 saturated carbocycles. The van der Waals surface area contributed by atoms with Crippen LogP contribution < -0.4 is 5.32 Å². The van der Waals surface area contributed by atoms with Gasteiger partial charge >= 0.3 is 0 Å². The molecule has 0 bridgehead atoms. The van der Waals surface area contributed by atoms with Gasteiger partial charge in [0.1, 0.15) is 73.2 Å². The molecule has 0 radical (unpaired) electrons. The predicted molar refractivity (Wildman–Crippen MR) is 359 cm³/mol. The smallest absolute Gasteiger partial charge is 0.220 e. The zero-order valence-corrected chi connectivity index (χ0v) is 55.2. The second kappa shape index (κ2) is 53.1. The first-order valence-electron chi connectivity index (χ1n) is 34.4. The molecule has 17 unspecified atom stereocenters. The first kappa shape index (κ1) is 82.2. The van der Waals surface area contributed by atoms with Crippen LogP contribution in [0.25, 0.3) is 0 Å². The summed E-state index contributed by atoms with van der Waals surface area (Å²) in [4.78, 5) is 13.3. The van der Waals surface area contributed by atoms with Crippen molar-refractivity contribution in [2.45, 2.75) is 291 Å². The number of aliphatic hydroxyl groups is 11. The van der Waals surface area contributed by atoms with Crippen molar-refractivity contribution in [3.8, 4) is 0 Å². The summed E-state index contributed by atoms with van der Waals surface area (Å²) in [7, 11) is 0. The molecule has 17 atom stereocenters. The average Bonchev–Trinajstić information content (AvgIpc) is 0.799. The molecule has 3 heterocycles. The van der Waals surface area contributed by atoms with Gasteiger partial charge in [-0.15, -0.1) is 0 Å². The van der Waals surface area contributed by atoms with Gasteiger partial charge in [-0.2, -0.15) is 0 Å². The van der Waals surface area contributed by atoms with E-state index in [2.05, 4.69) is 141 Å². The average molecular weight is 1300 g/mol. The lowest BCUT2D eigenvalue weighted by atomic mass is 9.96. The quantitative estimate of drug-likeness (QED) is 0.0200. The van der Waals surface area contributed by atoms with Gasteiger partial charge in [-0.3, -0.25) is 4.79 Å². The number of unbranched alkanes of at least 4 members (excludes halogenated alkanes) is 14. The van der Waals surface area contributed by atoms with Gasteiger partial charge in [-0.1, -0.05) is 212 Å². The minimum absolute atomic E-state index is 0.219. The van der Waals surface area contributed by atoms with E-state index in [4.69, 9.17) is 28.4 Å². The van der Waals surface area contributed by atoms with Gasteiger partial charge in [-0.05, 0) is 103 Å². The van der Waals surface area contributed by atoms with Crippen LogP contribution in [0, 0.1) is 0 Å². The molecule has 19 heteroatoms. The van der Waals surface area contributed by atoms with Crippen molar-refractivity contribution in [3.63, 3.8) is 0 Å². The summed E-state index contributed by atoms with van der Waals surface area (Å²) in [5.74, 6) is -0.301. The molecule has 0 aliphatic carbocycles. The Morgan fingerprint density at radius 3 is 1.22 bits per heavy atom. The Morgan fingerprint density at radius 1 is 0.402 bits per heavy atom. The van der Waals surface area contributed by atoms with E-state index in [1.807, 2.05) is 6.08 Å². The zero-order valence-electron chi connectivity index (χ0n) is 55.2. The van der Waals surface area contributed by atoms with Crippen LogP contribution in [-0.2, 0) is 33.2 Å². The van der Waals surface area contributed by atoms with Crippen molar-refractivity contribution < 1.29 is 89.4 Å². The Hall–Kier alpha value is -4.07. The summed E-state index contributed by atoms with van der Waals surface area (Å²) in [6, 6.07) is -1.00. The van der Waals surface area contributed by atoms with Gasteiger partial charge < -0.3 is 89.9 Å². The molecule has 0 aromatic heterocycles. The molecule has 12 N–H and O–H groups in total. The van der Waals surface area contributed by atoms with Crippen molar-refractivity contribution in [2.75, 3.05) is 26.4 Å². The molecule has 19 nitrogen and oxygen atoms in total. The van der Waals surface area contributed by atoms with E-state index >= 15 is 0 Å². The van der Waals surface area contributed by atoms with Gasteiger partial charge in [0.15, 0.2) is 18.9 Å². The summed E-state index contributed by atoms with van der Waals surface area (Å²) in [6.45, 7) is 1.51. The van der Waals surface area contributed by atoms with E-state index in [-0.39, 0.29) is 18.9 Å². The number of aliphatic hydroxyl groups excluding tert-OH is 11. The largest absolute Gasteiger partial charge is 0.394 e. The van der Waals surface area contributed by atoms with Crippen LogP contribution in [0.3, 0.4) is 0 Å². The predicted octanol–water partition coefficient (Wildman–Crippen LogP) is 8.99. The lowest BCUT2D eigenvalue weighted by Gasteiger charge is -2.48. The minimum atomic E-state index is -1.99. The van der Waals surface area contributed by atoms with Crippen molar-refractivity contribution in [3.05, 3.63) is 134 Å². The van der Waals surface area contributed by atoms with E-state index in [0.29, 0.717) is 12.8 Å². The van der Waals surface area contributed by atoms with E-state index in [9.17, 15) is 61.0 Å². The van der Waals surface area contributed by atoms with Crippen LogP contribution in [-0.4, -0.2) is 193 Å². The van der Waals surface area contributed by atoms with Crippen LogP contribution in [0.15, 0.2) is 134 Å². The van der Waals surface area contributed by atoms with Crippen LogP contribution in [0.1, 0.15) is 187 Å². The second-order valence-electron chi connectivity index (χ2n) is 23.9. The van der Waals surface area contributed by atoms with E-state index < -0.39 is 124 Å². The highest BCUT2D eigenvalue weighted by molar-refractivity contribution is 5.76. The third-order valence-electron chi connectivity index (χ3n) is 16.2. The number of allylic oxidation sites excluding steroid dienone is 21. The first-order valence-corrected chi connectivity index (χ1v) is 34.4. The highest BCUT2D eigenvalue weighted by Gasteiger charge is 2.53. The molecule has 3 saturated heterocycles. The number of hydrogen-bond donors (Lipinski definition) is 12. The van der Waals surface area contributed by atoms with Crippen LogP contribution >= 0.6 is 0 Å².